The minimum Gasteiger partial charge on any atom is -0.490 e. The minimum absolute atomic E-state index is 0.293. The van der Waals surface area contributed by atoms with Crippen LogP contribution in [0.3, 0.4) is 0 Å². The minimum atomic E-state index is 0.293. The Kier molecular flexibility index (Phi) is 5.05. The van der Waals surface area contributed by atoms with Crippen molar-refractivity contribution in [3.05, 3.63) is 29.3 Å². The molecule has 1 N–H and O–H groups in total. The van der Waals surface area contributed by atoms with E-state index < -0.39 is 0 Å². The standard InChI is InChI=1S/C17H25NO2/c1-4-14-6-5-7-15(11-14)20-17-9-8-12(2)10-16(17)13(3)18-19/h8-10,14-15,19H,4-7,11H2,1-3H3. The van der Waals surface area contributed by atoms with Gasteiger partial charge < -0.3 is 9.94 Å². The molecule has 0 saturated heterocycles. The molecule has 1 aromatic rings. The summed E-state index contributed by atoms with van der Waals surface area (Å²) in [6, 6.07) is 6.06. The summed E-state index contributed by atoms with van der Waals surface area (Å²) in [5.41, 5.74) is 2.64. The molecule has 3 nitrogen and oxygen atoms in total. The summed E-state index contributed by atoms with van der Waals surface area (Å²) in [5.74, 6) is 1.63. The molecule has 0 spiro atoms. The largest absolute Gasteiger partial charge is 0.490 e. The van der Waals surface area contributed by atoms with E-state index in [1.165, 1.54) is 19.3 Å². The van der Waals surface area contributed by atoms with Crippen molar-refractivity contribution in [1.82, 2.24) is 0 Å². The van der Waals surface area contributed by atoms with Crippen molar-refractivity contribution < 1.29 is 9.94 Å². The second kappa shape index (κ2) is 6.78. The zero-order chi connectivity index (χ0) is 14.5. The molecule has 0 aliphatic heterocycles. The molecule has 1 aliphatic carbocycles. The van der Waals surface area contributed by atoms with Gasteiger partial charge in [-0.15, -0.1) is 0 Å². The smallest absolute Gasteiger partial charge is 0.128 e. The van der Waals surface area contributed by atoms with Gasteiger partial charge in [0, 0.05) is 5.56 Å². The first-order chi connectivity index (χ1) is 9.63. The van der Waals surface area contributed by atoms with Gasteiger partial charge in [0.1, 0.15) is 5.75 Å². The maximum Gasteiger partial charge on any atom is 0.128 e. The molecule has 1 aliphatic rings. The lowest BCUT2D eigenvalue weighted by atomic mass is 9.85. The van der Waals surface area contributed by atoms with E-state index in [1.54, 1.807) is 6.92 Å². The van der Waals surface area contributed by atoms with Gasteiger partial charge in [-0.1, -0.05) is 36.6 Å². The lowest BCUT2D eigenvalue weighted by molar-refractivity contribution is 0.122. The summed E-state index contributed by atoms with van der Waals surface area (Å²) < 4.78 is 6.20. The molecule has 20 heavy (non-hydrogen) atoms. The monoisotopic (exact) mass is 275 g/mol. The Bertz CT molecular complexity index is 482. The zero-order valence-electron chi connectivity index (χ0n) is 12.7. The molecule has 0 aromatic heterocycles. The zero-order valence-corrected chi connectivity index (χ0v) is 12.7. The van der Waals surface area contributed by atoms with Crippen molar-refractivity contribution >= 4 is 5.71 Å². The molecule has 110 valence electrons. The summed E-state index contributed by atoms with van der Waals surface area (Å²) >= 11 is 0. The lowest BCUT2D eigenvalue weighted by Crippen LogP contribution is -2.25. The SMILES string of the molecule is CCC1CCCC(Oc2ccc(C)cc2C(C)=NO)C1. The quantitative estimate of drug-likeness (QED) is 0.498. The molecule has 2 rings (SSSR count). The van der Waals surface area contributed by atoms with E-state index in [0.717, 1.165) is 35.6 Å². The van der Waals surface area contributed by atoms with Gasteiger partial charge in [-0.05, 0) is 51.2 Å². The molecule has 1 fully saturated rings. The van der Waals surface area contributed by atoms with Crippen molar-refractivity contribution in [2.24, 2.45) is 11.1 Å². The highest BCUT2D eigenvalue weighted by Gasteiger charge is 2.23. The summed E-state index contributed by atoms with van der Waals surface area (Å²) in [5, 5.41) is 12.3. The summed E-state index contributed by atoms with van der Waals surface area (Å²) in [6.07, 6.45) is 6.36. The summed E-state index contributed by atoms with van der Waals surface area (Å²) in [4.78, 5) is 0. The number of oxime groups is 1. The number of benzene rings is 1. The molecule has 3 heteroatoms. The first-order valence-corrected chi connectivity index (χ1v) is 7.60. The number of hydrogen-bond acceptors (Lipinski definition) is 3. The van der Waals surface area contributed by atoms with Crippen LogP contribution in [0.25, 0.3) is 0 Å². The third-order valence-electron chi connectivity index (χ3n) is 4.28. The predicted molar refractivity (Wildman–Crippen MR) is 81.8 cm³/mol. The van der Waals surface area contributed by atoms with Crippen molar-refractivity contribution in [1.29, 1.82) is 0 Å². The van der Waals surface area contributed by atoms with Crippen LogP contribution in [0.4, 0.5) is 0 Å². The normalized spacial score (nSPS) is 23.6. The molecule has 0 heterocycles. The van der Waals surface area contributed by atoms with E-state index in [9.17, 15) is 0 Å². The number of ether oxygens (including phenoxy) is 1. The van der Waals surface area contributed by atoms with Crippen LogP contribution in [0.1, 0.15) is 57.1 Å². The predicted octanol–water partition coefficient (Wildman–Crippen LogP) is 4.54. The third kappa shape index (κ3) is 3.53. The van der Waals surface area contributed by atoms with Crippen molar-refractivity contribution in [2.45, 2.75) is 59.0 Å². The van der Waals surface area contributed by atoms with Crippen LogP contribution in [0.2, 0.25) is 0 Å². The Balaban J connectivity index is 2.16. The lowest BCUT2D eigenvalue weighted by Gasteiger charge is -2.29. The van der Waals surface area contributed by atoms with Crippen LogP contribution in [-0.4, -0.2) is 17.0 Å². The van der Waals surface area contributed by atoms with Crippen LogP contribution < -0.4 is 4.74 Å². The van der Waals surface area contributed by atoms with E-state index >= 15 is 0 Å². The van der Waals surface area contributed by atoms with Crippen LogP contribution in [0, 0.1) is 12.8 Å². The Labute approximate surface area is 121 Å². The van der Waals surface area contributed by atoms with E-state index in [4.69, 9.17) is 9.94 Å². The maximum atomic E-state index is 9.02. The Morgan fingerprint density at radius 3 is 2.90 bits per heavy atom. The topological polar surface area (TPSA) is 41.8 Å². The molecule has 0 amide bonds. The van der Waals surface area contributed by atoms with E-state index in [0.29, 0.717) is 11.8 Å². The second-order valence-corrected chi connectivity index (χ2v) is 5.87. The summed E-state index contributed by atoms with van der Waals surface area (Å²) in [7, 11) is 0. The van der Waals surface area contributed by atoms with Crippen LogP contribution in [0.15, 0.2) is 23.4 Å². The highest BCUT2D eigenvalue weighted by Crippen LogP contribution is 2.31. The highest BCUT2D eigenvalue weighted by molar-refractivity contribution is 6.00. The number of hydrogen-bond donors (Lipinski definition) is 1. The van der Waals surface area contributed by atoms with Gasteiger partial charge >= 0.3 is 0 Å². The van der Waals surface area contributed by atoms with Crippen molar-refractivity contribution in [2.75, 3.05) is 0 Å². The van der Waals surface area contributed by atoms with E-state index in [-0.39, 0.29) is 0 Å². The fraction of sp³-hybridized carbons (Fsp3) is 0.588. The Morgan fingerprint density at radius 1 is 1.40 bits per heavy atom. The number of rotatable bonds is 4. The average molecular weight is 275 g/mol. The molecular formula is C17H25NO2. The molecular weight excluding hydrogens is 250 g/mol. The first-order valence-electron chi connectivity index (χ1n) is 7.60. The maximum absolute atomic E-state index is 9.02. The van der Waals surface area contributed by atoms with Crippen molar-refractivity contribution in [3.8, 4) is 5.75 Å². The first kappa shape index (κ1) is 14.9. The van der Waals surface area contributed by atoms with Crippen LogP contribution >= 0.6 is 0 Å². The molecule has 0 radical (unpaired) electrons. The Morgan fingerprint density at radius 2 is 2.20 bits per heavy atom. The molecule has 2 unspecified atom stereocenters. The third-order valence-corrected chi connectivity index (χ3v) is 4.28. The highest BCUT2D eigenvalue weighted by atomic mass is 16.5. The molecule has 0 bridgehead atoms. The summed E-state index contributed by atoms with van der Waals surface area (Å²) in [6.45, 7) is 6.09. The molecule has 2 atom stereocenters. The fourth-order valence-electron chi connectivity index (χ4n) is 2.98. The average Bonchev–Trinajstić information content (AvgIpc) is 2.48. The van der Waals surface area contributed by atoms with E-state index in [2.05, 4.69) is 12.1 Å². The Hall–Kier alpha value is -1.51. The van der Waals surface area contributed by atoms with E-state index in [1.807, 2.05) is 25.1 Å². The molecule has 1 saturated carbocycles. The molecule has 1 aromatic carbocycles. The van der Waals surface area contributed by atoms with Crippen molar-refractivity contribution in [3.63, 3.8) is 0 Å². The number of nitrogens with zero attached hydrogens (tertiary/aromatic N) is 1. The number of aryl methyl sites for hydroxylation is 1. The fourth-order valence-corrected chi connectivity index (χ4v) is 2.98. The van der Waals surface area contributed by atoms with Gasteiger partial charge in [-0.3, -0.25) is 0 Å². The second-order valence-electron chi connectivity index (χ2n) is 5.87. The van der Waals surface area contributed by atoms with Gasteiger partial charge in [-0.25, -0.2) is 0 Å². The van der Waals surface area contributed by atoms with Gasteiger partial charge in [0.05, 0.1) is 11.8 Å². The van der Waals surface area contributed by atoms with Gasteiger partial charge in [-0.2, -0.15) is 0 Å². The van der Waals surface area contributed by atoms with Crippen LogP contribution in [0.5, 0.6) is 5.75 Å². The van der Waals surface area contributed by atoms with Gasteiger partial charge in [0.15, 0.2) is 0 Å². The van der Waals surface area contributed by atoms with Gasteiger partial charge in [0.25, 0.3) is 0 Å². The van der Waals surface area contributed by atoms with Gasteiger partial charge in [0.2, 0.25) is 0 Å². The van der Waals surface area contributed by atoms with Crippen LogP contribution in [-0.2, 0) is 0 Å².